The van der Waals surface area contributed by atoms with E-state index in [0.717, 1.165) is 20.8 Å². The highest BCUT2D eigenvalue weighted by atomic mass is 79.9. The third-order valence-electron chi connectivity index (χ3n) is 2.49. The van der Waals surface area contributed by atoms with Crippen LogP contribution in [0.2, 0.25) is 0 Å². The van der Waals surface area contributed by atoms with Crippen LogP contribution < -0.4 is 0 Å². The highest BCUT2D eigenvalue weighted by Crippen LogP contribution is 2.34. The van der Waals surface area contributed by atoms with E-state index in [2.05, 4.69) is 28.1 Å². The molecule has 0 aliphatic heterocycles. The van der Waals surface area contributed by atoms with Gasteiger partial charge in [0.1, 0.15) is 0 Å². The van der Waals surface area contributed by atoms with Gasteiger partial charge in [-0.2, -0.15) is 0 Å². The summed E-state index contributed by atoms with van der Waals surface area (Å²) in [6, 6.07) is 12.1. The lowest BCUT2D eigenvalue weighted by atomic mass is 9.93. The number of hydrogen-bond donors (Lipinski definition) is 1. The van der Waals surface area contributed by atoms with Crippen molar-refractivity contribution >= 4 is 26.7 Å². The topological polar surface area (TPSA) is 20.2 Å². The van der Waals surface area contributed by atoms with Crippen LogP contribution in [0.4, 0.5) is 0 Å². The second kappa shape index (κ2) is 3.62. The van der Waals surface area contributed by atoms with Crippen molar-refractivity contribution in [2.75, 3.05) is 0 Å². The molecule has 1 nitrogen and oxygen atoms in total. The monoisotopic (exact) mass is 264 g/mol. The van der Waals surface area contributed by atoms with Gasteiger partial charge in [-0.1, -0.05) is 46.3 Å². The Labute approximate surface area is 97.9 Å². The molecule has 0 heterocycles. The molecule has 0 unspecified atom stereocenters. The van der Waals surface area contributed by atoms with Crippen molar-refractivity contribution in [2.24, 2.45) is 0 Å². The number of fused-ring (bicyclic) bond motifs is 1. The summed E-state index contributed by atoms with van der Waals surface area (Å²) >= 11 is 3.49. The highest BCUT2D eigenvalue weighted by Gasteiger charge is 2.21. The average Bonchev–Trinajstić information content (AvgIpc) is 2.15. The van der Waals surface area contributed by atoms with Crippen LogP contribution in [0.15, 0.2) is 40.9 Å². The Balaban J connectivity index is 2.86. The van der Waals surface area contributed by atoms with E-state index in [-0.39, 0.29) is 0 Å². The van der Waals surface area contributed by atoms with Gasteiger partial charge in [0.2, 0.25) is 0 Å². The zero-order chi connectivity index (χ0) is 11.1. The largest absolute Gasteiger partial charge is 0.386 e. The maximum absolute atomic E-state index is 10.1. The van der Waals surface area contributed by atoms with Crippen LogP contribution in [0.25, 0.3) is 10.8 Å². The quantitative estimate of drug-likeness (QED) is 0.830. The van der Waals surface area contributed by atoms with E-state index in [1.807, 2.05) is 24.3 Å². The first kappa shape index (κ1) is 10.7. The van der Waals surface area contributed by atoms with Gasteiger partial charge < -0.3 is 5.11 Å². The fourth-order valence-corrected chi connectivity index (χ4v) is 2.70. The Morgan fingerprint density at radius 3 is 2.40 bits per heavy atom. The zero-order valence-corrected chi connectivity index (χ0v) is 10.4. The summed E-state index contributed by atoms with van der Waals surface area (Å²) in [4.78, 5) is 0. The molecule has 0 saturated heterocycles. The highest BCUT2D eigenvalue weighted by molar-refractivity contribution is 9.10. The first-order chi connectivity index (χ1) is 7.00. The molecule has 0 aliphatic carbocycles. The minimum Gasteiger partial charge on any atom is -0.386 e. The van der Waals surface area contributed by atoms with E-state index in [1.54, 1.807) is 13.8 Å². The van der Waals surface area contributed by atoms with E-state index >= 15 is 0 Å². The second-order valence-corrected chi connectivity index (χ2v) is 5.06. The summed E-state index contributed by atoms with van der Waals surface area (Å²) in [5.74, 6) is 0. The molecule has 2 aromatic rings. The van der Waals surface area contributed by atoms with Gasteiger partial charge in [-0.25, -0.2) is 0 Å². The number of halogens is 1. The number of hydrogen-bond acceptors (Lipinski definition) is 1. The molecule has 0 aliphatic rings. The Kier molecular flexibility index (Phi) is 2.57. The van der Waals surface area contributed by atoms with E-state index < -0.39 is 5.60 Å². The van der Waals surface area contributed by atoms with Gasteiger partial charge in [0.05, 0.1) is 5.60 Å². The van der Waals surface area contributed by atoms with Crippen molar-refractivity contribution < 1.29 is 5.11 Å². The lowest BCUT2D eigenvalue weighted by Crippen LogP contribution is -2.16. The van der Waals surface area contributed by atoms with Crippen molar-refractivity contribution in [1.82, 2.24) is 0 Å². The molecule has 2 rings (SSSR count). The zero-order valence-electron chi connectivity index (χ0n) is 8.79. The fourth-order valence-electron chi connectivity index (χ4n) is 1.87. The molecule has 2 heteroatoms. The second-order valence-electron chi connectivity index (χ2n) is 4.20. The standard InChI is InChI=1S/C13H13BrO/c1-13(2,15)12-10-6-4-3-5-9(10)7-8-11(12)14/h3-8,15H,1-2H3. The Morgan fingerprint density at radius 1 is 1.07 bits per heavy atom. The summed E-state index contributed by atoms with van der Waals surface area (Å²) in [7, 11) is 0. The maximum atomic E-state index is 10.1. The lowest BCUT2D eigenvalue weighted by molar-refractivity contribution is 0.0794. The van der Waals surface area contributed by atoms with E-state index in [4.69, 9.17) is 0 Å². The van der Waals surface area contributed by atoms with Crippen LogP contribution in [0, 0.1) is 0 Å². The minimum atomic E-state index is -0.834. The van der Waals surface area contributed by atoms with E-state index in [1.165, 1.54) is 0 Å². The molecule has 0 radical (unpaired) electrons. The minimum absolute atomic E-state index is 0.834. The third kappa shape index (κ3) is 1.92. The Bertz CT molecular complexity index is 497. The molecule has 1 N–H and O–H groups in total. The van der Waals surface area contributed by atoms with Crippen LogP contribution in [-0.2, 0) is 5.60 Å². The van der Waals surface area contributed by atoms with Gasteiger partial charge in [-0.3, -0.25) is 0 Å². The molecule has 0 saturated carbocycles. The number of aliphatic hydroxyl groups is 1. The summed E-state index contributed by atoms with van der Waals surface area (Å²) in [5.41, 5.74) is 0.111. The van der Waals surface area contributed by atoms with Crippen LogP contribution >= 0.6 is 15.9 Å². The van der Waals surface area contributed by atoms with Gasteiger partial charge >= 0.3 is 0 Å². The summed E-state index contributed by atoms with van der Waals surface area (Å²) in [6.45, 7) is 3.61. The van der Waals surface area contributed by atoms with Crippen molar-refractivity contribution in [3.05, 3.63) is 46.4 Å². The third-order valence-corrected chi connectivity index (χ3v) is 3.15. The first-order valence-electron chi connectivity index (χ1n) is 4.90. The molecule has 0 aromatic heterocycles. The van der Waals surface area contributed by atoms with Gasteiger partial charge in [-0.15, -0.1) is 0 Å². The van der Waals surface area contributed by atoms with Gasteiger partial charge in [0.15, 0.2) is 0 Å². The predicted octanol–water partition coefficient (Wildman–Crippen LogP) is 3.83. The van der Waals surface area contributed by atoms with Gasteiger partial charge in [0.25, 0.3) is 0 Å². The molecule has 0 fully saturated rings. The van der Waals surface area contributed by atoms with Crippen molar-refractivity contribution in [3.8, 4) is 0 Å². The average molecular weight is 265 g/mol. The van der Waals surface area contributed by atoms with Crippen LogP contribution in [0.1, 0.15) is 19.4 Å². The van der Waals surface area contributed by atoms with E-state index in [0.29, 0.717) is 0 Å². The molecule has 78 valence electrons. The molecule has 2 aromatic carbocycles. The molecule has 0 spiro atoms. The smallest absolute Gasteiger partial charge is 0.0857 e. The summed E-state index contributed by atoms with van der Waals surface area (Å²) < 4.78 is 0.953. The molecule has 0 atom stereocenters. The fraction of sp³-hybridized carbons (Fsp3) is 0.231. The van der Waals surface area contributed by atoms with E-state index in [9.17, 15) is 5.11 Å². The van der Waals surface area contributed by atoms with Crippen LogP contribution in [-0.4, -0.2) is 5.11 Å². The SMILES string of the molecule is CC(C)(O)c1c(Br)ccc2ccccc12. The number of benzene rings is 2. The van der Waals surface area contributed by atoms with Crippen LogP contribution in [0.5, 0.6) is 0 Å². The first-order valence-corrected chi connectivity index (χ1v) is 5.69. The van der Waals surface area contributed by atoms with Crippen molar-refractivity contribution in [1.29, 1.82) is 0 Å². The normalized spacial score (nSPS) is 12.0. The molecule has 0 amide bonds. The molecule has 15 heavy (non-hydrogen) atoms. The number of rotatable bonds is 1. The predicted molar refractivity (Wildman–Crippen MR) is 66.9 cm³/mol. The Morgan fingerprint density at radius 2 is 1.73 bits per heavy atom. The summed E-state index contributed by atoms with van der Waals surface area (Å²) in [5, 5.41) is 12.4. The lowest BCUT2D eigenvalue weighted by Gasteiger charge is -2.21. The van der Waals surface area contributed by atoms with Crippen molar-refractivity contribution in [3.63, 3.8) is 0 Å². The van der Waals surface area contributed by atoms with Crippen molar-refractivity contribution in [2.45, 2.75) is 19.4 Å². The van der Waals surface area contributed by atoms with Gasteiger partial charge in [0, 0.05) is 10.0 Å². The Hall–Kier alpha value is -0.860. The maximum Gasteiger partial charge on any atom is 0.0857 e. The van der Waals surface area contributed by atoms with Gasteiger partial charge in [-0.05, 0) is 30.7 Å². The molecular weight excluding hydrogens is 252 g/mol. The molecule has 0 bridgehead atoms. The molecular formula is C13H13BrO. The summed E-state index contributed by atoms with van der Waals surface area (Å²) in [6.07, 6.45) is 0. The van der Waals surface area contributed by atoms with Crippen LogP contribution in [0.3, 0.4) is 0 Å².